The van der Waals surface area contributed by atoms with Gasteiger partial charge in [-0.05, 0) is 26.4 Å². The number of tetrazole rings is 1. The third-order valence-corrected chi connectivity index (χ3v) is 1.32. The van der Waals surface area contributed by atoms with Gasteiger partial charge in [-0.2, -0.15) is 0 Å². The Morgan fingerprint density at radius 3 is 2.57 bits per heavy atom. The summed E-state index contributed by atoms with van der Waals surface area (Å²) in [6, 6.07) is 0. The lowest BCUT2D eigenvalue weighted by atomic mass is 11.4. The molecular formula is CBrClN4. The topological polar surface area (TPSA) is 43.6 Å². The van der Waals surface area contributed by atoms with E-state index in [2.05, 4.69) is 31.5 Å². The summed E-state index contributed by atoms with van der Waals surface area (Å²) in [7, 11) is 0. The van der Waals surface area contributed by atoms with Crippen LogP contribution in [0.25, 0.3) is 0 Å². The molecule has 1 rings (SSSR count). The molecule has 4 nitrogen and oxygen atoms in total. The van der Waals surface area contributed by atoms with E-state index in [9.17, 15) is 0 Å². The molecule has 7 heavy (non-hydrogen) atoms. The van der Waals surface area contributed by atoms with E-state index in [1.165, 1.54) is 0 Å². The van der Waals surface area contributed by atoms with Gasteiger partial charge in [0.15, 0.2) is 0 Å². The van der Waals surface area contributed by atoms with E-state index in [0.717, 1.165) is 4.20 Å². The molecule has 0 aromatic carbocycles. The fraction of sp³-hybridized carbons (Fsp3) is 0. The lowest BCUT2D eigenvalue weighted by Gasteiger charge is -1.74. The van der Waals surface area contributed by atoms with Crippen LogP contribution in [0.5, 0.6) is 0 Å². The van der Waals surface area contributed by atoms with Crippen molar-refractivity contribution in [2.24, 2.45) is 0 Å². The molecule has 0 N–H and O–H groups in total. The average Bonchev–Trinajstić information content (AvgIpc) is 1.91. The minimum atomic E-state index is 0.411. The molecule has 0 spiro atoms. The van der Waals surface area contributed by atoms with Crippen molar-refractivity contribution in [3.63, 3.8) is 0 Å². The number of halogens is 2. The van der Waals surface area contributed by atoms with Crippen LogP contribution in [0.3, 0.4) is 0 Å². The van der Waals surface area contributed by atoms with Gasteiger partial charge >= 0.3 is 0 Å². The molecule has 0 saturated heterocycles. The SMILES string of the molecule is Cln1nnnc1Br. The first kappa shape index (κ1) is 4.99. The second kappa shape index (κ2) is 1.75. The summed E-state index contributed by atoms with van der Waals surface area (Å²) in [5.41, 5.74) is 0. The van der Waals surface area contributed by atoms with Gasteiger partial charge in [-0.25, -0.2) is 0 Å². The molecule has 0 radical (unpaired) electrons. The molecule has 6 heteroatoms. The molecule has 0 bridgehead atoms. The number of hydrogen-bond donors (Lipinski definition) is 0. The maximum Gasteiger partial charge on any atom is 0.234 e. The van der Waals surface area contributed by atoms with Gasteiger partial charge in [0.2, 0.25) is 4.73 Å². The highest BCUT2D eigenvalue weighted by Gasteiger charge is 1.93. The highest BCUT2D eigenvalue weighted by atomic mass is 79.9. The molecule has 0 unspecified atom stereocenters. The molecule has 0 aliphatic rings. The maximum atomic E-state index is 5.26. The van der Waals surface area contributed by atoms with Crippen LogP contribution in [-0.2, 0) is 0 Å². The highest BCUT2D eigenvalue weighted by Crippen LogP contribution is 2.01. The average molecular weight is 183 g/mol. The molecule has 1 heterocycles. The van der Waals surface area contributed by atoms with Crippen molar-refractivity contribution in [2.45, 2.75) is 0 Å². The molecule has 1 aromatic heterocycles. The Kier molecular flexibility index (Phi) is 1.25. The Balaban J connectivity index is 3.12. The molecule has 0 aliphatic heterocycles. The molecular weight excluding hydrogens is 183 g/mol. The molecule has 0 fully saturated rings. The van der Waals surface area contributed by atoms with Gasteiger partial charge in [-0.3, -0.25) is 0 Å². The molecule has 38 valence electrons. The number of hydrogen-bond acceptors (Lipinski definition) is 3. The second-order valence-electron chi connectivity index (χ2n) is 0.808. The first-order valence-electron chi connectivity index (χ1n) is 1.41. The fourth-order valence-corrected chi connectivity index (χ4v) is 0.372. The zero-order chi connectivity index (χ0) is 5.28. The standard InChI is InChI=1S/CBrClN4/c2-1-4-5-6-7(1)3. The van der Waals surface area contributed by atoms with Crippen molar-refractivity contribution in [3.05, 3.63) is 4.73 Å². The molecule has 0 amide bonds. The third-order valence-electron chi connectivity index (χ3n) is 0.398. The van der Waals surface area contributed by atoms with Crippen LogP contribution < -0.4 is 0 Å². The predicted octanol–water partition coefficient (Wildman–Crippen LogP) is 0.437. The second-order valence-corrected chi connectivity index (χ2v) is 1.84. The summed E-state index contributed by atoms with van der Waals surface area (Å²) in [4.78, 5) is 0. The van der Waals surface area contributed by atoms with Gasteiger partial charge in [0.1, 0.15) is 0 Å². The van der Waals surface area contributed by atoms with Crippen LogP contribution >= 0.6 is 27.7 Å². The smallest absolute Gasteiger partial charge is 0.124 e. The van der Waals surface area contributed by atoms with Gasteiger partial charge in [0.25, 0.3) is 0 Å². The van der Waals surface area contributed by atoms with E-state index in [1.807, 2.05) is 0 Å². The largest absolute Gasteiger partial charge is 0.234 e. The van der Waals surface area contributed by atoms with E-state index in [-0.39, 0.29) is 0 Å². The molecule has 0 atom stereocenters. The van der Waals surface area contributed by atoms with Crippen molar-refractivity contribution < 1.29 is 0 Å². The zero-order valence-electron chi connectivity index (χ0n) is 3.04. The van der Waals surface area contributed by atoms with Crippen LogP contribution in [0.2, 0.25) is 0 Å². The van der Waals surface area contributed by atoms with Crippen LogP contribution in [0.4, 0.5) is 0 Å². The summed E-state index contributed by atoms with van der Waals surface area (Å²) in [6.45, 7) is 0. The summed E-state index contributed by atoms with van der Waals surface area (Å²) in [6.07, 6.45) is 0. The fourth-order valence-electron chi connectivity index (χ4n) is 0.166. The van der Waals surface area contributed by atoms with Crippen molar-refractivity contribution in [1.82, 2.24) is 19.7 Å². The number of nitrogens with zero attached hydrogens (tertiary/aromatic N) is 4. The number of rotatable bonds is 0. The minimum Gasteiger partial charge on any atom is -0.124 e. The summed E-state index contributed by atoms with van der Waals surface area (Å²) in [5.74, 6) is 0. The molecule has 0 saturated carbocycles. The van der Waals surface area contributed by atoms with E-state index in [4.69, 9.17) is 11.8 Å². The number of aromatic nitrogens is 4. The molecule has 1 aromatic rings. The normalized spacial score (nSPS) is 9.43. The quantitative estimate of drug-likeness (QED) is 0.586. The zero-order valence-corrected chi connectivity index (χ0v) is 5.39. The van der Waals surface area contributed by atoms with E-state index in [0.29, 0.717) is 4.73 Å². The lowest BCUT2D eigenvalue weighted by molar-refractivity contribution is 0.844. The summed E-state index contributed by atoms with van der Waals surface area (Å²) >= 11 is 8.22. The van der Waals surface area contributed by atoms with E-state index in [1.54, 1.807) is 0 Å². The first-order chi connectivity index (χ1) is 3.30. The van der Waals surface area contributed by atoms with Crippen molar-refractivity contribution >= 4 is 27.7 Å². The van der Waals surface area contributed by atoms with Crippen LogP contribution in [0.1, 0.15) is 0 Å². The minimum absolute atomic E-state index is 0.411. The Bertz CT molecular complexity index is 144. The van der Waals surface area contributed by atoms with Gasteiger partial charge in [-0.1, -0.05) is 5.10 Å². The summed E-state index contributed by atoms with van der Waals surface area (Å²) < 4.78 is 1.41. The van der Waals surface area contributed by atoms with Crippen LogP contribution in [0, 0.1) is 0 Å². The van der Waals surface area contributed by atoms with Crippen LogP contribution in [-0.4, -0.2) is 19.7 Å². The van der Waals surface area contributed by atoms with Crippen molar-refractivity contribution in [1.29, 1.82) is 0 Å². The Labute approximate surface area is 52.7 Å². The first-order valence-corrected chi connectivity index (χ1v) is 2.54. The van der Waals surface area contributed by atoms with Crippen LogP contribution in [0.15, 0.2) is 4.73 Å². The van der Waals surface area contributed by atoms with Crippen molar-refractivity contribution in [2.75, 3.05) is 0 Å². The van der Waals surface area contributed by atoms with Crippen molar-refractivity contribution in [3.8, 4) is 0 Å². The Morgan fingerprint density at radius 2 is 2.43 bits per heavy atom. The van der Waals surface area contributed by atoms with E-state index >= 15 is 0 Å². The molecule has 0 aliphatic carbocycles. The summed E-state index contributed by atoms with van der Waals surface area (Å²) in [5, 5.41) is 9.90. The Morgan fingerprint density at radius 1 is 1.71 bits per heavy atom. The third kappa shape index (κ3) is 0.889. The lowest BCUT2D eigenvalue weighted by Crippen LogP contribution is -1.80. The maximum absolute atomic E-state index is 5.26. The predicted molar refractivity (Wildman–Crippen MR) is 26.8 cm³/mol. The van der Waals surface area contributed by atoms with Gasteiger partial charge in [-0.15, -0.1) is 4.20 Å². The monoisotopic (exact) mass is 182 g/mol. The van der Waals surface area contributed by atoms with E-state index < -0.39 is 0 Å². The van der Waals surface area contributed by atoms with Gasteiger partial charge < -0.3 is 0 Å². The van der Waals surface area contributed by atoms with Gasteiger partial charge in [0, 0.05) is 11.8 Å². The Hall–Kier alpha value is -0.160. The van der Waals surface area contributed by atoms with Gasteiger partial charge in [0.05, 0.1) is 0 Å². The highest BCUT2D eigenvalue weighted by molar-refractivity contribution is 9.10.